The maximum atomic E-state index is 13.2. The van der Waals surface area contributed by atoms with E-state index in [4.69, 9.17) is 4.74 Å². The minimum absolute atomic E-state index is 0.0247. The monoisotopic (exact) mass is 491 g/mol. The van der Waals surface area contributed by atoms with Gasteiger partial charge in [-0.05, 0) is 29.3 Å². The molecule has 2 aliphatic rings. The van der Waals surface area contributed by atoms with E-state index >= 15 is 0 Å². The van der Waals surface area contributed by atoms with Crippen LogP contribution in [0.4, 0.5) is 13.2 Å². The van der Waals surface area contributed by atoms with E-state index in [-0.39, 0.29) is 28.7 Å². The third-order valence-electron chi connectivity index (χ3n) is 6.16. The maximum absolute atomic E-state index is 13.2. The molecule has 7 nitrogen and oxygen atoms in total. The second-order valence-corrected chi connectivity index (χ2v) is 8.65. The Bertz CT molecular complexity index is 1430. The summed E-state index contributed by atoms with van der Waals surface area (Å²) in [5.74, 6) is -2.11. The quantitative estimate of drug-likeness (QED) is 0.505. The predicted octanol–water partition coefficient (Wildman–Crippen LogP) is 4.93. The average molecular weight is 491 g/mol. The number of rotatable bonds is 5. The molecule has 1 atom stereocenters. The van der Waals surface area contributed by atoms with Crippen molar-refractivity contribution in [1.29, 1.82) is 5.26 Å². The van der Waals surface area contributed by atoms with Crippen LogP contribution in [-0.2, 0) is 20.1 Å². The fourth-order valence-electron chi connectivity index (χ4n) is 4.27. The smallest absolute Gasteiger partial charge is 0.395 e. The number of benzene rings is 1. The molecule has 1 aliphatic carbocycles. The molecule has 5 rings (SSSR count). The highest BCUT2D eigenvalue weighted by molar-refractivity contribution is 6.00. The van der Waals surface area contributed by atoms with Gasteiger partial charge in [0.25, 0.3) is 5.91 Å². The Kier molecular flexibility index (Phi) is 5.84. The Morgan fingerprint density at radius 2 is 1.97 bits per heavy atom. The number of aryl methyl sites for hydroxylation is 1. The number of aromatic nitrogens is 3. The topological polar surface area (TPSA) is 84.0 Å². The molecular formula is C26H20F3N5O2. The van der Waals surface area contributed by atoms with Gasteiger partial charge in [0.05, 0.1) is 23.3 Å². The molecule has 3 heterocycles. The van der Waals surface area contributed by atoms with Gasteiger partial charge in [0.15, 0.2) is 0 Å². The zero-order valence-corrected chi connectivity index (χ0v) is 19.2. The minimum atomic E-state index is -4.46. The molecule has 0 radical (unpaired) electrons. The summed E-state index contributed by atoms with van der Waals surface area (Å²) in [6, 6.07) is 13.2. The number of fused-ring (bicyclic) bond motifs is 1. The molecule has 36 heavy (non-hydrogen) atoms. The normalized spacial score (nSPS) is 17.4. The number of alkyl halides is 3. The van der Waals surface area contributed by atoms with Gasteiger partial charge in [0.1, 0.15) is 11.3 Å². The molecule has 1 amide bonds. The molecule has 10 heteroatoms. The van der Waals surface area contributed by atoms with Crippen LogP contribution in [0, 0.1) is 17.2 Å². The van der Waals surface area contributed by atoms with Gasteiger partial charge in [-0.2, -0.15) is 23.5 Å². The number of halogens is 3. The van der Waals surface area contributed by atoms with E-state index in [0.717, 1.165) is 29.0 Å². The van der Waals surface area contributed by atoms with Crippen molar-refractivity contribution in [1.82, 2.24) is 19.7 Å². The summed E-state index contributed by atoms with van der Waals surface area (Å²) < 4.78 is 46.7. The van der Waals surface area contributed by atoms with Gasteiger partial charge >= 0.3 is 6.18 Å². The van der Waals surface area contributed by atoms with Crippen LogP contribution in [0.3, 0.4) is 0 Å². The second-order valence-electron chi connectivity index (χ2n) is 8.65. The Hall–Kier alpha value is -4.39. The van der Waals surface area contributed by atoms with Crippen LogP contribution in [0.15, 0.2) is 72.3 Å². The molecule has 0 bridgehead atoms. The first-order chi connectivity index (χ1) is 17.2. The summed E-state index contributed by atoms with van der Waals surface area (Å²) in [4.78, 5) is 19.0. The van der Waals surface area contributed by atoms with Crippen molar-refractivity contribution in [2.45, 2.75) is 25.7 Å². The zero-order valence-electron chi connectivity index (χ0n) is 19.2. The Morgan fingerprint density at radius 3 is 2.64 bits per heavy atom. The SMILES string of the molecule is Cn1ccc(-c2ccc(CN3Cc4ccnc(OC5=C(C#N)CC(C(F)(F)F)C=C5)c4C3=O)cc2)n1. The standard InChI is InChI=1S/C26H20F3N5O2/c1-33-11-9-21(32-33)17-4-2-16(3-5-17)14-34-15-18-8-10-31-24(23(18)25(34)35)36-22-7-6-20(26(27,28)29)12-19(22)13-30/h2-11,20H,12,14-15H2,1H3. The summed E-state index contributed by atoms with van der Waals surface area (Å²) in [6.07, 6.45) is 0.455. The highest BCUT2D eigenvalue weighted by Gasteiger charge is 2.40. The third kappa shape index (κ3) is 4.47. The summed E-state index contributed by atoms with van der Waals surface area (Å²) >= 11 is 0. The molecule has 0 spiro atoms. The van der Waals surface area contributed by atoms with Crippen molar-refractivity contribution < 1.29 is 22.7 Å². The molecule has 3 aromatic rings. The number of amides is 1. The Morgan fingerprint density at radius 1 is 1.19 bits per heavy atom. The number of nitriles is 1. The second kappa shape index (κ2) is 9.00. The molecule has 0 N–H and O–H groups in total. The minimum Gasteiger partial charge on any atom is -0.437 e. The molecule has 1 aliphatic heterocycles. The molecule has 1 unspecified atom stereocenters. The largest absolute Gasteiger partial charge is 0.437 e. The van der Waals surface area contributed by atoms with E-state index < -0.39 is 18.5 Å². The van der Waals surface area contributed by atoms with Crippen LogP contribution < -0.4 is 4.74 Å². The number of hydrogen-bond donors (Lipinski definition) is 0. The number of carbonyl (C=O) groups is 1. The molecule has 0 saturated carbocycles. The fourth-order valence-corrected chi connectivity index (χ4v) is 4.27. The summed E-state index contributed by atoms with van der Waals surface area (Å²) in [5.41, 5.74) is 3.54. The first-order valence-electron chi connectivity index (χ1n) is 11.1. The molecule has 2 aromatic heterocycles. The number of carbonyl (C=O) groups excluding carboxylic acids is 1. The van der Waals surface area contributed by atoms with Gasteiger partial charge in [-0.3, -0.25) is 9.48 Å². The highest BCUT2D eigenvalue weighted by atomic mass is 19.4. The van der Waals surface area contributed by atoms with E-state index in [9.17, 15) is 23.2 Å². The number of nitrogens with zero attached hydrogens (tertiary/aromatic N) is 5. The Labute approximate surface area is 204 Å². The van der Waals surface area contributed by atoms with E-state index in [1.165, 1.54) is 6.20 Å². The van der Waals surface area contributed by atoms with Crippen molar-refractivity contribution >= 4 is 5.91 Å². The molecule has 1 aromatic carbocycles. The van der Waals surface area contributed by atoms with Crippen LogP contribution in [0.2, 0.25) is 0 Å². The number of pyridine rings is 1. The summed E-state index contributed by atoms with van der Waals surface area (Å²) in [7, 11) is 1.85. The van der Waals surface area contributed by atoms with Crippen LogP contribution >= 0.6 is 0 Å². The van der Waals surface area contributed by atoms with Gasteiger partial charge in [-0.25, -0.2) is 4.98 Å². The fraction of sp³-hybridized carbons (Fsp3) is 0.231. The number of ether oxygens (including phenoxy) is 1. The van der Waals surface area contributed by atoms with Crippen molar-refractivity contribution in [3.05, 3.63) is 89.0 Å². The molecule has 0 fully saturated rings. The molecular weight excluding hydrogens is 471 g/mol. The molecule has 182 valence electrons. The van der Waals surface area contributed by atoms with Crippen molar-refractivity contribution in [3.63, 3.8) is 0 Å². The van der Waals surface area contributed by atoms with Crippen molar-refractivity contribution in [2.75, 3.05) is 0 Å². The number of allylic oxidation sites excluding steroid dienone is 3. The average Bonchev–Trinajstić information content (AvgIpc) is 3.43. The van der Waals surface area contributed by atoms with Crippen molar-refractivity contribution in [3.8, 4) is 23.2 Å². The van der Waals surface area contributed by atoms with E-state index in [1.54, 1.807) is 21.7 Å². The summed E-state index contributed by atoms with van der Waals surface area (Å²) in [5, 5.41) is 13.8. The zero-order chi connectivity index (χ0) is 25.4. The van der Waals surface area contributed by atoms with Gasteiger partial charge in [0.2, 0.25) is 5.88 Å². The van der Waals surface area contributed by atoms with Gasteiger partial charge < -0.3 is 9.64 Å². The van der Waals surface area contributed by atoms with Gasteiger partial charge in [-0.1, -0.05) is 30.3 Å². The van der Waals surface area contributed by atoms with Crippen LogP contribution in [0.5, 0.6) is 5.88 Å². The highest BCUT2D eigenvalue weighted by Crippen LogP contribution is 2.38. The van der Waals surface area contributed by atoms with Crippen LogP contribution in [0.1, 0.15) is 27.9 Å². The third-order valence-corrected chi connectivity index (χ3v) is 6.16. The Balaban J connectivity index is 1.33. The lowest BCUT2D eigenvalue weighted by molar-refractivity contribution is -0.160. The predicted molar refractivity (Wildman–Crippen MR) is 123 cm³/mol. The van der Waals surface area contributed by atoms with Crippen molar-refractivity contribution in [2.24, 2.45) is 13.0 Å². The van der Waals surface area contributed by atoms with E-state index in [1.807, 2.05) is 43.6 Å². The van der Waals surface area contributed by atoms with Gasteiger partial charge in [-0.15, -0.1) is 0 Å². The van der Waals surface area contributed by atoms with Gasteiger partial charge in [0, 0.05) is 44.5 Å². The van der Waals surface area contributed by atoms with Crippen LogP contribution in [-0.4, -0.2) is 31.7 Å². The lowest BCUT2D eigenvalue weighted by Gasteiger charge is -2.21. The van der Waals surface area contributed by atoms with E-state index in [2.05, 4.69) is 10.1 Å². The van der Waals surface area contributed by atoms with E-state index in [0.29, 0.717) is 18.7 Å². The first-order valence-corrected chi connectivity index (χ1v) is 11.1. The molecule has 0 saturated heterocycles. The maximum Gasteiger partial charge on any atom is 0.395 e. The lowest BCUT2D eigenvalue weighted by atomic mass is 9.93. The first kappa shape index (κ1) is 23.4. The number of hydrogen-bond acceptors (Lipinski definition) is 5. The summed E-state index contributed by atoms with van der Waals surface area (Å²) in [6.45, 7) is 0.694. The van der Waals surface area contributed by atoms with Crippen LogP contribution in [0.25, 0.3) is 11.3 Å². The lowest BCUT2D eigenvalue weighted by Crippen LogP contribution is -2.24.